The van der Waals surface area contributed by atoms with Crippen LogP contribution in [-0.4, -0.2) is 26.5 Å². The van der Waals surface area contributed by atoms with Crippen molar-refractivity contribution in [2.75, 3.05) is 7.05 Å². The van der Waals surface area contributed by atoms with E-state index in [9.17, 15) is 13.2 Å². The summed E-state index contributed by atoms with van der Waals surface area (Å²) in [4.78, 5) is 13.4. The SMILES string of the molecule is CN(Cc1ccc(S(N)(=O)=O)cc1)C(=O)OCc1ccccc1. The van der Waals surface area contributed by atoms with Gasteiger partial charge < -0.3 is 9.64 Å². The maximum atomic E-state index is 11.9. The van der Waals surface area contributed by atoms with Crippen LogP contribution in [0.15, 0.2) is 59.5 Å². The molecule has 0 heterocycles. The monoisotopic (exact) mass is 334 g/mol. The Morgan fingerprint density at radius 2 is 1.65 bits per heavy atom. The van der Waals surface area contributed by atoms with Crippen molar-refractivity contribution in [1.82, 2.24) is 4.90 Å². The average Bonchev–Trinajstić information content (AvgIpc) is 2.53. The van der Waals surface area contributed by atoms with Crippen LogP contribution in [0, 0.1) is 0 Å². The smallest absolute Gasteiger partial charge is 0.410 e. The maximum absolute atomic E-state index is 11.9. The number of rotatable bonds is 5. The summed E-state index contributed by atoms with van der Waals surface area (Å²) in [5, 5.41) is 5.04. The number of primary sulfonamides is 1. The van der Waals surface area contributed by atoms with Gasteiger partial charge in [0.05, 0.1) is 4.90 Å². The van der Waals surface area contributed by atoms with Crippen molar-refractivity contribution in [3.05, 3.63) is 65.7 Å². The molecule has 0 saturated carbocycles. The quantitative estimate of drug-likeness (QED) is 0.907. The summed E-state index contributed by atoms with van der Waals surface area (Å²) >= 11 is 0. The molecule has 122 valence electrons. The van der Waals surface area contributed by atoms with E-state index in [-0.39, 0.29) is 11.5 Å². The maximum Gasteiger partial charge on any atom is 0.410 e. The molecule has 6 nitrogen and oxygen atoms in total. The highest BCUT2D eigenvalue weighted by Crippen LogP contribution is 2.11. The van der Waals surface area contributed by atoms with Crippen LogP contribution in [0.4, 0.5) is 4.79 Å². The zero-order valence-electron chi connectivity index (χ0n) is 12.7. The number of carbonyl (C=O) groups is 1. The first-order valence-corrected chi connectivity index (χ1v) is 8.44. The molecule has 23 heavy (non-hydrogen) atoms. The van der Waals surface area contributed by atoms with Crippen LogP contribution in [0.2, 0.25) is 0 Å². The molecule has 0 aliphatic rings. The van der Waals surface area contributed by atoms with Gasteiger partial charge >= 0.3 is 6.09 Å². The first-order chi connectivity index (χ1) is 10.9. The number of ether oxygens (including phenoxy) is 1. The van der Waals surface area contributed by atoms with Crippen LogP contribution in [0.25, 0.3) is 0 Å². The Kier molecular flexibility index (Phi) is 5.36. The Labute approximate surface area is 135 Å². The first-order valence-electron chi connectivity index (χ1n) is 6.90. The van der Waals surface area contributed by atoms with Gasteiger partial charge in [-0.1, -0.05) is 42.5 Å². The lowest BCUT2D eigenvalue weighted by Crippen LogP contribution is -2.26. The summed E-state index contributed by atoms with van der Waals surface area (Å²) in [5.74, 6) is 0. The largest absolute Gasteiger partial charge is 0.445 e. The molecule has 0 spiro atoms. The fraction of sp³-hybridized carbons (Fsp3) is 0.188. The van der Waals surface area contributed by atoms with Crippen LogP contribution in [0.5, 0.6) is 0 Å². The Morgan fingerprint density at radius 1 is 1.04 bits per heavy atom. The molecule has 0 aliphatic heterocycles. The van der Waals surface area contributed by atoms with Gasteiger partial charge in [0, 0.05) is 13.6 Å². The second kappa shape index (κ2) is 7.26. The summed E-state index contributed by atoms with van der Waals surface area (Å²) in [7, 11) is -2.10. The van der Waals surface area contributed by atoms with Crippen molar-refractivity contribution in [2.24, 2.45) is 5.14 Å². The van der Waals surface area contributed by atoms with Crippen molar-refractivity contribution in [3.8, 4) is 0 Å². The van der Waals surface area contributed by atoms with Crippen molar-refractivity contribution >= 4 is 16.1 Å². The Morgan fingerprint density at radius 3 is 2.22 bits per heavy atom. The molecule has 0 saturated heterocycles. The van der Waals surface area contributed by atoms with Gasteiger partial charge in [-0.05, 0) is 23.3 Å². The third-order valence-corrected chi connectivity index (χ3v) is 4.12. The van der Waals surface area contributed by atoms with E-state index >= 15 is 0 Å². The molecule has 2 rings (SSSR count). The van der Waals surface area contributed by atoms with E-state index in [0.29, 0.717) is 6.54 Å². The molecule has 2 aromatic carbocycles. The van der Waals surface area contributed by atoms with E-state index in [2.05, 4.69) is 0 Å². The fourth-order valence-corrected chi connectivity index (χ4v) is 2.47. The molecule has 0 aliphatic carbocycles. The van der Waals surface area contributed by atoms with E-state index in [4.69, 9.17) is 9.88 Å². The van der Waals surface area contributed by atoms with Crippen LogP contribution < -0.4 is 5.14 Å². The number of amides is 1. The number of benzene rings is 2. The molecule has 0 atom stereocenters. The third kappa shape index (κ3) is 5.08. The highest BCUT2D eigenvalue weighted by Gasteiger charge is 2.12. The molecular weight excluding hydrogens is 316 g/mol. The second-order valence-electron chi connectivity index (χ2n) is 5.09. The molecule has 1 amide bonds. The number of hydrogen-bond acceptors (Lipinski definition) is 4. The van der Waals surface area contributed by atoms with Crippen LogP contribution in [-0.2, 0) is 27.9 Å². The predicted octanol–water partition coefficient (Wildman–Crippen LogP) is 2.10. The highest BCUT2D eigenvalue weighted by atomic mass is 32.2. The van der Waals surface area contributed by atoms with Crippen molar-refractivity contribution in [3.63, 3.8) is 0 Å². The number of carbonyl (C=O) groups excluding carboxylic acids is 1. The Hall–Kier alpha value is -2.38. The second-order valence-corrected chi connectivity index (χ2v) is 6.65. The molecule has 7 heteroatoms. The predicted molar refractivity (Wildman–Crippen MR) is 85.9 cm³/mol. The lowest BCUT2D eigenvalue weighted by Gasteiger charge is -2.17. The van der Waals surface area contributed by atoms with Gasteiger partial charge in [0.25, 0.3) is 0 Å². The fourth-order valence-electron chi connectivity index (χ4n) is 1.95. The molecule has 0 unspecified atom stereocenters. The third-order valence-electron chi connectivity index (χ3n) is 3.19. The van der Waals surface area contributed by atoms with Gasteiger partial charge in [-0.25, -0.2) is 18.4 Å². The summed E-state index contributed by atoms with van der Waals surface area (Å²) in [5.41, 5.74) is 1.68. The standard InChI is InChI=1S/C16H18N2O4S/c1-18(16(19)22-12-14-5-3-2-4-6-14)11-13-7-9-15(10-8-13)23(17,20)21/h2-10H,11-12H2,1H3,(H2,17,20,21). The van der Waals surface area contributed by atoms with E-state index in [1.54, 1.807) is 19.2 Å². The van der Waals surface area contributed by atoms with Crippen molar-refractivity contribution in [2.45, 2.75) is 18.0 Å². The molecule has 0 fully saturated rings. The lowest BCUT2D eigenvalue weighted by molar-refractivity contribution is 0.103. The number of hydrogen-bond donors (Lipinski definition) is 1. The molecular formula is C16H18N2O4S. The summed E-state index contributed by atoms with van der Waals surface area (Å²) in [6.45, 7) is 0.507. The van der Waals surface area contributed by atoms with Gasteiger partial charge in [-0.15, -0.1) is 0 Å². The minimum atomic E-state index is -3.71. The van der Waals surface area contributed by atoms with E-state index in [0.717, 1.165) is 11.1 Å². The van der Waals surface area contributed by atoms with Crippen molar-refractivity contribution in [1.29, 1.82) is 0 Å². The minimum absolute atomic E-state index is 0.0376. The van der Waals surface area contributed by atoms with E-state index in [1.165, 1.54) is 17.0 Å². The topological polar surface area (TPSA) is 89.7 Å². The summed E-state index contributed by atoms with van der Waals surface area (Å²) in [6.07, 6.45) is -0.454. The average molecular weight is 334 g/mol. The molecule has 0 radical (unpaired) electrons. The minimum Gasteiger partial charge on any atom is -0.445 e. The zero-order valence-corrected chi connectivity index (χ0v) is 13.5. The molecule has 0 aromatic heterocycles. The molecule has 2 N–H and O–H groups in total. The number of sulfonamides is 1. The van der Waals surface area contributed by atoms with E-state index < -0.39 is 16.1 Å². The highest BCUT2D eigenvalue weighted by molar-refractivity contribution is 7.89. The van der Waals surface area contributed by atoms with Gasteiger partial charge in [0.2, 0.25) is 10.0 Å². The van der Waals surface area contributed by atoms with Gasteiger partial charge in [-0.2, -0.15) is 0 Å². The lowest BCUT2D eigenvalue weighted by atomic mass is 10.2. The van der Waals surface area contributed by atoms with Crippen LogP contribution in [0.3, 0.4) is 0 Å². The van der Waals surface area contributed by atoms with Crippen molar-refractivity contribution < 1.29 is 17.9 Å². The zero-order chi connectivity index (χ0) is 16.9. The summed E-state index contributed by atoms with van der Waals surface area (Å²) < 4.78 is 27.6. The Balaban J connectivity index is 1.90. The van der Waals surface area contributed by atoms with Gasteiger partial charge in [0.1, 0.15) is 6.61 Å². The normalized spacial score (nSPS) is 11.0. The summed E-state index contributed by atoms with van der Waals surface area (Å²) in [6, 6.07) is 15.4. The van der Waals surface area contributed by atoms with Crippen LogP contribution >= 0.6 is 0 Å². The molecule has 0 bridgehead atoms. The van der Waals surface area contributed by atoms with E-state index in [1.807, 2.05) is 30.3 Å². The van der Waals surface area contributed by atoms with Crippen LogP contribution in [0.1, 0.15) is 11.1 Å². The number of nitrogens with zero attached hydrogens (tertiary/aromatic N) is 1. The number of nitrogens with two attached hydrogens (primary N) is 1. The Bertz CT molecular complexity index is 758. The first kappa shape index (κ1) is 17.0. The molecule has 2 aromatic rings. The van der Waals surface area contributed by atoms with Gasteiger partial charge in [-0.3, -0.25) is 0 Å². The van der Waals surface area contributed by atoms with Gasteiger partial charge in [0.15, 0.2) is 0 Å².